The Hall–Kier alpha value is 0.440. The zero-order valence-corrected chi connectivity index (χ0v) is 5.03. The van der Waals surface area contributed by atoms with Gasteiger partial charge in [0, 0.05) is 0 Å². The van der Waals surface area contributed by atoms with E-state index in [1.807, 2.05) is 0 Å². The van der Waals surface area contributed by atoms with Gasteiger partial charge >= 0.3 is 21.8 Å². The molecule has 0 heterocycles. The molecule has 0 fully saturated rings. The van der Waals surface area contributed by atoms with Crippen LogP contribution in [0.2, 0.25) is 0 Å². The standard InChI is InChI=1S/H2OSi.O.Ru/c1-2;;/h2H2;;. The first-order valence-electron chi connectivity index (χ1n) is 0.433. The molecule has 0 radical (unpaired) electrons. The first kappa shape index (κ1) is 8.83. The van der Waals surface area contributed by atoms with E-state index < -0.39 is 0 Å². The van der Waals surface area contributed by atoms with Crippen molar-refractivity contribution < 1.29 is 26.3 Å². The molecule has 0 spiro atoms. The van der Waals surface area contributed by atoms with Gasteiger partial charge in [0.05, 0.1) is 0 Å². The fourth-order valence-electron chi connectivity index (χ4n) is 0. The summed E-state index contributed by atoms with van der Waals surface area (Å²) >= 11 is 1.10. The zero-order chi connectivity index (χ0) is 4.00. The maximum absolute atomic E-state index is 8.28. The first-order chi connectivity index (χ1) is 2.00. The molecular weight excluding hydrogens is 161 g/mol. The predicted molar refractivity (Wildman–Crippen MR) is 9.92 cm³/mol. The molecule has 0 atom stereocenters. The third kappa shape index (κ3) is 26.1. The molecule has 26 valence electrons. The molecule has 0 aliphatic carbocycles. The summed E-state index contributed by atoms with van der Waals surface area (Å²) in [7, 11) is 0.611. The van der Waals surface area contributed by atoms with E-state index in [2.05, 4.69) is 0 Å². The van der Waals surface area contributed by atoms with Crippen molar-refractivity contribution in [3.63, 3.8) is 0 Å². The van der Waals surface area contributed by atoms with Crippen molar-refractivity contribution in [1.29, 1.82) is 0 Å². The third-order valence-corrected chi connectivity index (χ3v) is 0. The van der Waals surface area contributed by atoms with E-state index in [-0.39, 0.29) is 0 Å². The van der Waals surface area contributed by atoms with Crippen molar-refractivity contribution in [2.45, 2.75) is 0 Å². The van der Waals surface area contributed by atoms with E-state index in [9.17, 15) is 0 Å². The summed E-state index contributed by atoms with van der Waals surface area (Å²) in [6, 6.07) is 0. The Bertz CT molecular complexity index is 8.00. The van der Waals surface area contributed by atoms with E-state index in [1.165, 1.54) is 0 Å². The van der Waals surface area contributed by atoms with Crippen LogP contribution < -0.4 is 0 Å². The average molecular weight is 163 g/mol. The van der Waals surface area contributed by atoms with Crippen LogP contribution in [0.4, 0.5) is 0 Å². The van der Waals surface area contributed by atoms with Crippen LogP contribution in [0, 0.1) is 0 Å². The Labute approximate surface area is 37.0 Å². The molecule has 0 bridgehead atoms. The van der Waals surface area contributed by atoms with Crippen LogP contribution in [0.15, 0.2) is 0 Å². The Morgan fingerprint density at radius 3 is 1.25 bits per heavy atom. The maximum atomic E-state index is 8.28. The summed E-state index contributed by atoms with van der Waals surface area (Å²) < 4.78 is 16.5. The van der Waals surface area contributed by atoms with Gasteiger partial charge in [0.15, 0.2) is 0 Å². The Kier molecular flexibility index (Phi) is 233. The molecule has 0 saturated heterocycles. The van der Waals surface area contributed by atoms with Crippen LogP contribution in [0.5, 0.6) is 0 Å². The molecule has 0 amide bonds. The van der Waals surface area contributed by atoms with Crippen LogP contribution >= 0.6 is 0 Å². The van der Waals surface area contributed by atoms with E-state index in [0.29, 0.717) is 10.1 Å². The number of hydrogen-bond acceptors (Lipinski definition) is 2. The van der Waals surface area contributed by atoms with Gasteiger partial charge in [-0.1, -0.05) is 0 Å². The summed E-state index contributed by atoms with van der Waals surface area (Å²) in [6.07, 6.45) is 0. The normalized spacial score (nSPS) is 2.25. The summed E-state index contributed by atoms with van der Waals surface area (Å²) in [5, 5.41) is 0. The SMILES string of the molecule is O=[SiH2].[O]=[Ru]. The van der Waals surface area contributed by atoms with Crippen LogP contribution in [0.3, 0.4) is 0 Å². The summed E-state index contributed by atoms with van der Waals surface area (Å²) in [4.78, 5) is 0. The van der Waals surface area contributed by atoms with Crippen molar-refractivity contribution in [3.8, 4) is 0 Å². The molecule has 4 heteroatoms. The molecule has 0 aromatic heterocycles. The predicted octanol–water partition coefficient (Wildman–Crippen LogP) is -1.16. The van der Waals surface area contributed by atoms with Gasteiger partial charge < -0.3 is 4.46 Å². The van der Waals surface area contributed by atoms with E-state index in [0.717, 1.165) is 18.3 Å². The monoisotopic (exact) mass is 164 g/mol. The van der Waals surface area contributed by atoms with Crippen LogP contribution in [-0.4, -0.2) is 10.1 Å². The van der Waals surface area contributed by atoms with Crippen molar-refractivity contribution in [2.24, 2.45) is 0 Å². The fraction of sp³-hybridized carbons (Fsp3) is 0. The Balaban J connectivity index is 0. The van der Waals surface area contributed by atoms with Gasteiger partial charge in [0.2, 0.25) is 10.1 Å². The van der Waals surface area contributed by atoms with Gasteiger partial charge in [0.1, 0.15) is 0 Å². The van der Waals surface area contributed by atoms with Crippen LogP contribution in [0.25, 0.3) is 0 Å². The molecule has 0 aliphatic rings. The second kappa shape index (κ2) is 106. The molecule has 2 nitrogen and oxygen atoms in total. The van der Waals surface area contributed by atoms with Crippen molar-refractivity contribution in [3.05, 3.63) is 0 Å². The van der Waals surface area contributed by atoms with Crippen molar-refractivity contribution >= 4 is 10.1 Å². The van der Waals surface area contributed by atoms with E-state index in [1.54, 1.807) is 0 Å². The summed E-state index contributed by atoms with van der Waals surface area (Å²) in [6.45, 7) is 0. The van der Waals surface area contributed by atoms with E-state index in [4.69, 9.17) is 8.04 Å². The average Bonchev–Trinajstić information content (AvgIpc) is 1.50. The van der Waals surface area contributed by atoms with Gasteiger partial charge in [0.25, 0.3) is 0 Å². The molecule has 0 saturated carbocycles. The zero-order valence-electron chi connectivity index (χ0n) is 1.88. The minimum atomic E-state index is 0.611. The second-order valence-corrected chi connectivity index (χ2v) is 0. The van der Waals surface area contributed by atoms with Gasteiger partial charge in [-0.3, -0.25) is 0 Å². The Morgan fingerprint density at radius 1 is 1.25 bits per heavy atom. The van der Waals surface area contributed by atoms with Gasteiger partial charge in [-0.2, -0.15) is 0 Å². The third-order valence-electron chi connectivity index (χ3n) is 0. The molecule has 0 aromatic rings. The fourth-order valence-corrected chi connectivity index (χ4v) is 0. The van der Waals surface area contributed by atoms with E-state index >= 15 is 0 Å². The molecule has 4 heavy (non-hydrogen) atoms. The summed E-state index contributed by atoms with van der Waals surface area (Å²) in [5.74, 6) is 0. The van der Waals surface area contributed by atoms with Crippen LogP contribution in [0.1, 0.15) is 0 Å². The van der Waals surface area contributed by atoms with Gasteiger partial charge in [-0.05, 0) is 0 Å². The minimum absolute atomic E-state index is 0.611. The molecule has 0 N–H and O–H groups in total. The molecule has 0 aliphatic heterocycles. The summed E-state index contributed by atoms with van der Waals surface area (Å²) in [5.41, 5.74) is 0. The molecule has 0 unspecified atom stereocenters. The Morgan fingerprint density at radius 2 is 1.25 bits per heavy atom. The molecule has 0 rings (SSSR count). The number of rotatable bonds is 0. The quantitative estimate of drug-likeness (QED) is 0.422. The van der Waals surface area contributed by atoms with Crippen molar-refractivity contribution in [2.75, 3.05) is 0 Å². The molecule has 0 aromatic carbocycles. The van der Waals surface area contributed by atoms with Crippen molar-refractivity contribution in [1.82, 2.24) is 0 Å². The second-order valence-electron chi connectivity index (χ2n) is 0. The first-order valence-corrected chi connectivity index (χ1v) is 1.72. The van der Waals surface area contributed by atoms with Gasteiger partial charge in [-0.15, -0.1) is 0 Å². The number of hydrogen-bond donors (Lipinski definition) is 0. The van der Waals surface area contributed by atoms with Gasteiger partial charge in [-0.25, -0.2) is 0 Å². The van der Waals surface area contributed by atoms with Crippen LogP contribution in [-0.2, 0) is 26.3 Å². The topological polar surface area (TPSA) is 34.1 Å². The molecular formula is H2O2RuSi.